The molecular formula is C10H14ClNO2. The lowest BCUT2D eigenvalue weighted by Gasteiger charge is -2.12. The van der Waals surface area contributed by atoms with Gasteiger partial charge in [0.15, 0.2) is 0 Å². The highest BCUT2D eigenvalue weighted by Gasteiger charge is 2.04. The predicted molar refractivity (Wildman–Crippen MR) is 57.6 cm³/mol. The van der Waals surface area contributed by atoms with E-state index in [4.69, 9.17) is 27.2 Å². The Morgan fingerprint density at radius 2 is 2.29 bits per heavy atom. The van der Waals surface area contributed by atoms with Gasteiger partial charge >= 0.3 is 0 Å². The predicted octanol–water partition coefficient (Wildman–Crippen LogP) is 1.93. The zero-order chi connectivity index (χ0) is 10.6. The number of hydrogen-bond donors (Lipinski definition) is 2. The quantitative estimate of drug-likeness (QED) is 0.755. The number of halogens is 1. The summed E-state index contributed by atoms with van der Waals surface area (Å²) in [5.41, 5.74) is 6.23. The molecule has 3 N–H and O–H groups in total. The van der Waals surface area contributed by atoms with Crippen LogP contribution in [0, 0.1) is 5.92 Å². The Hall–Kier alpha value is -0.930. The Labute approximate surface area is 88.4 Å². The van der Waals surface area contributed by atoms with Crippen molar-refractivity contribution in [2.75, 3.05) is 18.9 Å². The first kappa shape index (κ1) is 11.1. The van der Waals surface area contributed by atoms with Crippen LogP contribution in [-0.2, 0) is 0 Å². The fraction of sp³-hybridized carbons (Fsp3) is 0.400. The maximum absolute atomic E-state index is 8.80. The van der Waals surface area contributed by atoms with Gasteiger partial charge in [-0.15, -0.1) is 0 Å². The number of anilines is 1. The molecule has 1 aromatic rings. The van der Waals surface area contributed by atoms with Crippen molar-refractivity contribution in [2.24, 2.45) is 5.92 Å². The third kappa shape index (κ3) is 3.09. The molecule has 0 fully saturated rings. The van der Waals surface area contributed by atoms with Crippen LogP contribution in [0.1, 0.15) is 6.92 Å². The van der Waals surface area contributed by atoms with E-state index in [-0.39, 0.29) is 12.5 Å². The third-order valence-electron chi connectivity index (χ3n) is 1.81. The first-order chi connectivity index (χ1) is 6.63. The summed E-state index contributed by atoms with van der Waals surface area (Å²) >= 11 is 5.78. The number of rotatable bonds is 4. The van der Waals surface area contributed by atoms with Gasteiger partial charge in [-0.05, 0) is 12.1 Å². The molecule has 0 saturated carbocycles. The molecule has 14 heavy (non-hydrogen) atoms. The van der Waals surface area contributed by atoms with Crippen LogP contribution in [0.15, 0.2) is 18.2 Å². The van der Waals surface area contributed by atoms with E-state index < -0.39 is 0 Å². The van der Waals surface area contributed by atoms with Gasteiger partial charge in [0.1, 0.15) is 5.75 Å². The van der Waals surface area contributed by atoms with Crippen molar-refractivity contribution in [1.82, 2.24) is 0 Å². The fourth-order valence-electron chi connectivity index (χ4n) is 0.918. The van der Waals surface area contributed by atoms with E-state index >= 15 is 0 Å². The lowest BCUT2D eigenvalue weighted by atomic mass is 10.2. The molecule has 4 heteroatoms. The van der Waals surface area contributed by atoms with Crippen molar-refractivity contribution >= 4 is 17.3 Å². The second kappa shape index (κ2) is 5.08. The number of nitrogens with two attached hydrogens (primary N) is 1. The molecule has 0 aliphatic heterocycles. The van der Waals surface area contributed by atoms with Crippen molar-refractivity contribution in [3.63, 3.8) is 0 Å². The Morgan fingerprint density at radius 3 is 2.93 bits per heavy atom. The molecule has 1 unspecified atom stereocenters. The van der Waals surface area contributed by atoms with E-state index in [2.05, 4.69) is 0 Å². The normalized spacial score (nSPS) is 12.5. The summed E-state index contributed by atoms with van der Waals surface area (Å²) in [4.78, 5) is 0. The summed E-state index contributed by atoms with van der Waals surface area (Å²) in [7, 11) is 0. The van der Waals surface area contributed by atoms with Crippen LogP contribution in [0.5, 0.6) is 5.75 Å². The highest BCUT2D eigenvalue weighted by Crippen LogP contribution is 2.25. The Morgan fingerprint density at radius 1 is 1.57 bits per heavy atom. The van der Waals surface area contributed by atoms with Gasteiger partial charge < -0.3 is 15.6 Å². The second-order valence-corrected chi connectivity index (χ2v) is 3.72. The number of hydrogen-bond acceptors (Lipinski definition) is 3. The molecule has 78 valence electrons. The van der Waals surface area contributed by atoms with Gasteiger partial charge in [0, 0.05) is 23.6 Å². The molecule has 1 rings (SSSR count). The topological polar surface area (TPSA) is 55.5 Å². The SMILES string of the molecule is CC(CO)COc1cc(Cl)ccc1N. The van der Waals surface area contributed by atoms with E-state index in [9.17, 15) is 0 Å². The van der Waals surface area contributed by atoms with E-state index in [1.54, 1.807) is 18.2 Å². The molecule has 0 radical (unpaired) electrons. The van der Waals surface area contributed by atoms with Gasteiger partial charge in [-0.1, -0.05) is 18.5 Å². The fourth-order valence-corrected chi connectivity index (χ4v) is 1.08. The first-order valence-corrected chi connectivity index (χ1v) is 4.80. The van der Waals surface area contributed by atoms with Crippen LogP contribution in [0.4, 0.5) is 5.69 Å². The van der Waals surface area contributed by atoms with Crippen LogP contribution in [-0.4, -0.2) is 18.3 Å². The minimum absolute atomic E-state index is 0.0911. The Balaban J connectivity index is 2.62. The standard InChI is InChI=1S/C10H14ClNO2/c1-7(5-13)6-14-10-4-8(11)2-3-9(10)12/h2-4,7,13H,5-6,12H2,1H3. The number of aliphatic hydroxyl groups is 1. The van der Waals surface area contributed by atoms with Crippen LogP contribution in [0.25, 0.3) is 0 Å². The van der Waals surface area contributed by atoms with Crippen molar-refractivity contribution in [3.05, 3.63) is 23.2 Å². The summed E-state index contributed by atoms with van der Waals surface area (Å²) < 4.78 is 5.40. The van der Waals surface area contributed by atoms with Crippen molar-refractivity contribution in [2.45, 2.75) is 6.92 Å². The zero-order valence-electron chi connectivity index (χ0n) is 8.03. The van der Waals surface area contributed by atoms with Gasteiger partial charge in [-0.25, -0.2) is 0 Å². The molecule has 0 aliphatic rings. The Kier molecular flexibility index (Phi) is 4.04. The first-order valence-electron chi connectivity index (χ1n) is 4.42. The number of benzene rings is 1. The van der Waals surface area contributed by atoms with Crippen molar-refractivity contribution in [3.8, 4) is 5.75 Å². The third-order valence-corrected chi connectivity index (χ3v) is 2.05. The summed E-state index contributed by atoms with van der Waals surface area (Å²) in [5, 5.41) is 9.39. The van der Waals surface area contributed by atoms with Crippen LogP contribution < -0.4 is 10.5 Å². The average molecular weight is 216 g/mol. The summed E-state index contributed by atoms with van der Waals surface area (Å²) in [6.45, 7) is 2.42. The van der Waals surface area contributed by atoms with E-state index in [0.29, 0.717) is 23.1 Å². The van der Waals surface area contributed by atoms with Gasteiger partial charge in [0.05, 0.1) is 12.3 Å². The molecule has 0 aromatic heterocycles. The summed E-state index contributed by atoms with van der Waals surface area (Å²) in [5.74, 6) is 0.659. The zero-order valence-corrected chi connectivity index (χ0v) is 8.79. The molecule has 0 bridgehead atoms. The van der Waals surface area contributed by atoms with Crippen LogP contribution in [0.3, 0.4) is 0 Å². The Bertz CT molecular complexity index is 304. The van der Waals surface area contributed by atoms with Crippen LogP contribution in [0.2, 0.25) is 5.02 Å². The van der Waals surface area contributed by atoms with E-state index in [1.807, 2.05) is 6.92 Å². The summed E-state index contributed by atoms with van der Waals surface area (Å²) in [6, 6.07) is 5.07. The largest absolute Gasteiger partial charge is 0.491 e. The van der Waals surface area contributed by atoms with Crippen molar-refractivity contribution in [1.29, 1.82) is 0 Å². The van der Waals surface area contributed by atoms with Crippen LogP contribution >= 0.6 is 11.6 Å². The minimum Gasteiger partial charge on any atom is -0.491 e. The molecule has 0 aliphatic carbocycles. The molecule has 0 saturated heterocycles. The monoisotopic (exact) mass is 215 g/mol. The molecule has 0 heterocycles. The van der Waals surface area contributed by atoms with Gasteiger partial charge in [0.2, 0.25) is 0 Å². The molecule has 1 aromatic carbocycles. The molecule has 1 atom stereocenters. The maximum atomic E-state index is 8.80. The molecule has 0 amide bonds. The van der Waals surface area contributed by atoms with Gasteiger partial charge in [-0.2, -0.15) is 0 Å². The highest BCUT2D eigenvalue weighted by atomic mass is 35.5. The van der Waals surface area contributed by atoms with Crippen molar-refractivity contribution < 1.29 is 9.84 Å². The second-order valence-electron chi connectivity index (χ2n) is 3.28. The van der Waals surface area contributed by atoms with E-state index in [1.165, 1.54) is 0 Å². The molecular weight excluding hydrogens is 202 g/mol. The lowest BCUT2D eigenvalue weighted by molar-refractivity contribution is 0.175. The van der Waals surface area contributed by atoms with Gasteiger partial charge in [0.25, 0.3) is 0 Å². The maximum Gasteiger partial charge on any atom is 0.143 e. The highest BCUT2D eigenvalue weighted by molar-refractivity contribution is 6.30. The minimum atomic E-state index is 0.0911. The lowest BCUT2D eigenvalue weighted by Crippen LogP contribution is -2.12. The molecule has 3 nitrogen and oxygen atoms in total. The summed E-state index contributed by atoms with van der Waals surface area (Å²) in [6.07, 6.45) is 0. The number of aliphatic hydroxyl groups excluding tert-OH is 1. The van der Waals surface area contributed by atoms with Gasteiger partial charge in [-0.3, -0.25) is 0 Å². The van der Waals surface area contributed by atoms with E-state index in [0.717, 1.165) is 0 Å². The molecule has 0 spiro atoms. The number of ether oxygens (including phenoxy) is 1. The smallest absolute Gasteiger partial charge is 0.143 e. The number of nitrogen functional groups attached to an aromatic ring is 1. The average Bonchev–Trinajstić information content (AvgIpc) is 2.19.